The van der Waals surface area contributed by atoms with Crippen LogP contribution in [0.15, 0.2) is 90.0 Å². The number of carbonyl (C=O) groups is 3. The zero-order valence-corrected chi connectivity index (χ0v) is 26.4. The Morgan fingerprint density at radius 2 is 1.89 bits per heavy atom. The number of aliphatic hydroxyl groups excluding tert-OH is 1. The minimum atomic E-state index is -1.91. The normalized spacial score (nSPS) is 22.0. The van der Waals surface area contributed by atoms with Gasteiger partial charge in [0.25, 0.3) is 5.91 Å². The maximum atomic E-state index is 14.1. The standard InChI is InChI=1S/C36H37ClN4O5/c1-24(8-5-14-33(43)39-19-7-13-29(39)23-42)36(46)30-21-27(37)15-17-32(30)40(35(36)45)22-25-9-6-12-28(20-25)41-34(44)18-16-31(38-41)26-10-3-2-4-11-26/h2-6,8-12,15,17,20-21,24,29,42,46H,7,13-14,16,18-19,22-23H2,1H3/b8-5+/t24-,29+,36+/m1/s1. The molecule has 2 N–H and O–H groups in total. The number of hydrazone groups is 1. The van der Waals surface area contributed by atoms with Crippen LogP contribution >= 0.6 is 11.6 Å². The van der Waals surface area contributed by atoms with Gasteiger partial charge >= 0.3 is 0 Å². The number of fused-ring (bicyclic) bond motifs is 1. The van der Waals surface area contributed by atoms with Crippen molar-refractivity contribution in [2.24, 2.45) is 11.0 Å². The Balaban J connectivity index is 1.23. The summed E-state index contributed by atoms with van der Waals surface area (Å²) in [4.78, 5) is 43.0. The predicted octanol–water partition coefficient (Wildman–Crippen LogP) is 5.17. The number of likely N-dealkylation sites (tertiary alicyclic amines) is 1. The third kappa shape index (κ3) is 5.98. The van der Waals surface area contributed by atoms with Gasteiger partial charge in [-0.15, -0.1) is 0 Å². The van der Waals surface area contributed by atoms with Crippen LogP contribution < -0.4 is 9.91 Å². The van der Waals surface area contributed by atoms with E-state index >= 15 is 0 Å². The van der Waals surface area contributed by atoms with Gasteiger partial charge in [-0.25, -0.2) is 5.01 Å². The van der Waals surface area contributed by atoms with Crippen LogP contribution in [-0.4, -0.2) is 57.7 Å². The Morgan fingerprint density at radius 3 is 2.67 bits per heavy atom. The average Bonchev–Trinajstić information content (AvgIpc) is 3.63. The number of anilines is 2. The topological polar surface area (TPSA) is 114 Å². The Morgan fingerprint density at radius 1 is 1.09 bits per heavy atom. The van der Waals surface area contributed by atoms with E-state index in [0.717, 1.165) is 29.7 Å². The summed E-state index contributed by atoms with van der Waals surface area (Å²) in [7, 11) is 0. The third-order valence-electron chi connectivity index (χ3n) is 9.15. The number of aliphatic hydroxyl groups is 2. The van der Waals surface area contributed by atoms with Gasteiger partial charge in [0.2, 0.25) is 11.8 Å². The Hall–Kier alpha value is -4.31. The smallest absolute Gasteiger partial charge is 0.264 e. The molecule has 3 heterocycles. The average molecular weight is 641 g/mol. The van der Waals surface area contributed by atoms with Crippen LogP contribution in [0.25, 0.3) is 0 Å². The first-order valence-corrected chi connectivity index (χ1v) is 16.0. The number of halogens is 1. The lowest BCUT2D eigenvalue weighted by atomic mass is 9.83. The van der Waals surface area contributed by atoms with Crippen molar-refractivity contribution in [3.63, 3.8) is 0 Å². The molecule has 0 spiro atoms. The third-order valence-corrected chi connectivity index (χ3v) is 9.39. The van der Waals surface area contributed by atoms with Crippen LogP contribution in [0, 0.1) is 5.92 Å². The van der Waals surface area contributed by atoms with Crippen molar-refractivity contribution in [3.05, 3.63) is 107 Å². The first kappa shape index (κ1) is 31.7. The highest BCUT2D eigenvalue weighted by atomic mass is 35.5. The lowest BCUT2D eigenvalue weighted by molar-refractivity contribution is -0.139. The number of carbonyl (C=O) groups excluding carboxylic acids is 3. The van der Waals surface area contributed by atoms with Gasteiger partial charge in [-0.05, 0) is 54.3 Å². The van der Waals surface area contributed by atoms with Gasteiger partial charge in [0.15, 0.2) is 5.60 Å². The summed E-state index contributed by atoms with van der Waals surface area (Å²) < 4.78 is 0. The van der Waals surface area contributed by atoms with Gasteiger partial charge in [0.1, 0.15) is 0 Å². The second kappa shape index (κ2) is 13.2. The van der Waals surface area contributed by atoms with Gasteiger partial charge in [0, 0.05) is 42.3 Å². The van der Waals surface area contributed by atoms with Crippen molar-refractivity contribution in [2.45, 2.75) is 57.2 Å². The SMILES string of the molecule is C[C@H](/C=C/CC(=O)N1CCC[C@H]1CO)[C@@]1(O)C(=O)N(Cc2cccc(N3N=C(c4ccccc4)CCC3=O)c2)c2ccc(Cl)cc21. The maximum Gasteiger partial charge on any atom is 0.264 e. The Kier molecular flexibility index (Phi) is 9.08. The molecular weight excluding hydrogens is 604 g/mol. The van der Waals surface area contributed by atoms with Crippen LogP contribution in [0.4, 0.5) is 11.4 Å². The molecule has 238 valence electrons. The Labute approximate surface area is 273 Å². The molecule has 1 saturated heterocycles. The van der Waals surface area contributed by atoms with Crippen LogP contribution in [0.3, 0.4) is 0 Å². The van der Waals surface area contributed by atoms with Crippen LogP contribution in [-0.2, 0) is 26.5 Å². The Bertz CT molecular complexity index is 1710. The number of rotatable bonds is 9. The number of hydrogen-bond donors (Lipinski definition) is 2. The number of hydrogen-bond acceptors (Lipinski definition) is 6. The van der Waals surface area contributed by atoms with Gasteiger partial charge in [-0.3, -0.25) is 14.4 Å². The molecule has 0 radical (unpaired) electrons. The summed E-state index contributed by atoms with van der Waals surface area (Å²) in [6.07, 6.45) is 6.01. The zero-order valence-electron chi connectivity index (χ0n) is 25.7. The molecule has 3 amide bonds. The van der Waals surface area contributed by atoms with Crippen molar-refractivity contribution in [1.82, 2.24) is 4.90 Å². The molecule has 0 saturated carbocycles. The molecule has 3 atom stereocenters. The monoisotopic (exact) mass is 640 g/mol. The fourth-order valence-electron chi connectivity index (χ4n) is 6.62. The van der Waals surface area contributed by atoms with E-state index in [1.165, 1.54) is 9.91 Å². The summed E-state index contributed by atoms with van der Waals surface area (Å²) >= 11 is 6.35. The van der Waals surface area contributed by atoms with Crippen molar-refractivity contribution < 1.29 is 24.6 Å². The predicted molar refractivity (Wildman–Crippen MR) is 177 cm³/mol. The van der Waals surface area contributed by atoms with Gasteiger partial charge in [-0.1, -0.05) is 73.1 Å². The molecule has 0 aromatic heterocycles. The van der Waals surface area contributed by atoms with E-state index in [1.54, 1.807) is 42.2 Å². The minimum absolute atomic E-state index is 0.0628. The fraction of sp³-hybridized carbons (Fsp3) is 0.333. The van der Waals surface area contributed by atoms with Crippen LogP contribution in [0.2, 0.25) is 5.02 Å². The van der Waals surface area contributed by atoms with E-state index in [2.05, 4.69) is 5.10 Å². The molecule has 3 aromatic rings. The molecule has 10 heteroatoms. The van der Waals surface area contributed by atoms with Crippen molar-refractivity contribution in [1.29, 1.82) is 0 Å². The molecule has 3 aliphatic rings. The molecule has 0 unspecified atom stereocenters. The quantitative estimate of drug-likeness (QED) is 0.313. The summed E-state index contributed by atoms with van der Waals surface area (Å²) in [5.74, 6) is -1.39. The van der Waals surface area contributed by atoms with Gasteiger partial charge in [-0.2, -0.15) is 5.10 Å². The van der Waals surface area contributed by atoms with E-state index in [0.29, 0.717) is 41.3 Å². The second-order valence-electron chi connectivity index (χ2n) is 12.1. The molecule has 3 aromatic carbocycles. The van der Waals surface area contributed by atoms with Gasteiger partial charge < -0.3 is 20.0 Å². The summed E-state index contributed by atoms with van der Waals surface area (Å²) in [5, 5.41) is 28.1. The zero-order chi connectivity index (χ0) is 32.4. The molecule has 1 fully saturated rings. The lowest BCUT2D eigenvalue weighted by Crippen LogP contribution is -2.44. The molecule has 0 bridgehead atoms. The highest BCUT2D eigenvalue weighted by Gasteiger charge is 2.52. The van der Waals surface area contributed by atoms with E-state index in [1.807, 2.05) is 54.6 Å². The molecular formula is C36H37ClN4O5. The molecule has 46 heavy (non-hydrogen) atoms. The summed E-state index contributed by atoms with van der Waals surface area (Å²) in [6.45, 7) is 2.44. The minimum Gasteiger partial charge on any atom is -0.394 e. The highest BCUT2D eigenvalue weighted by Crippen LogP contribution is 2.47. The molecule has 0 aliphatic carbocycles. The first-order chi connectivity index (χ1) is 22.2. The second-order valence-corrected chi connectivity index (χ2v) is 12.5. The van der Waals surface area contributed by atoms with Crippen molar-refractivity contribution in [3.8, 4) is 0 Å². The van der Waals surface area contributed by atoms with E-state index in [9.17, 15) is 24.6 Å². The number of nitrogens with zero attached hydrogens (tertiary/aromatic N) is 4. The summed E-state index contributed by atoms with van der Waals surface area (Å²) in [6, 6.07) is 22.0. The van der Waals surface area contributed by atoms with E-state index < -0.39 is 17.4 Å². The summed E-state index contributed by atoms with van der Waals surface area (Å²) in [5.41, 5.74) is 2.17. The molecule has 3 aliphatic heterocycles. The number of benzene rings is 3. The first-order valence-electron chi connectivity index (χ1n) is 15.7. The fourth-order valence-corrected chi connectivity index (χ4v) is 6.79. The largest absolute Gasteiger partial charge is 0.394 e. The number of amides is 3. The van der Waals surface area contributed by atoms with Crippen molar-refractivity contribution >= 4 is 46.4 Å². The lowest BCUT2D eigenvalue weighted by Gasteiger charge is -2.28. The van der Waals surface area contributed by atoms with Crippen LogP contribution in [0.5, 0.6) is 0 Å². The van der Waals surface area contributed by atoms with E-state index in [-0.39, 0.29) is 37.4 Å². The molecule has 9 nitrogen and oxygen atoms in total. The highest BCUT2D eigenvalue weighted by molar-refractivity contribution is 6.31. The maximum absolute atomic E-state index is 14.1. The van der Waals surface area contributed by atoms with E-state index in [4.69, 9.17) is 11.6 Å². The molecule has 6 rings (SSSR count). The van der Waals surface area contributed by atoms with Crippen LogP contribution in [0.1, 0.15) is 55.7 Å². The van der Waals surface area contributed by atoms with Gasteiger partial charge in [0.05, 0.1) is 36.3 Å². The van der Waals surface area contributed by atoms with Crippen molar-refractivity contribution in [2.75, 3.05) is 23.1 Å².